The van der Waals surface area contributed by atoms with Gasteiger partial charge in [0, 0.05) is 12.6 Å². The number of ether oxygens (including phenoxy) is 1. The van der Waals surface area contributed by atoms with Gasteiger partial charge in [0.05, 0.1) is 17.9 Å². The van der Waals surface area contributed by atoms with E-state index in [1.165, 1.54) is 6.08 Å². The molecule has 0 radical (unpaired) electrons. The van der Waals surface area contributed by atoms with Gasteiger partial charge in [0.25, 0.3) is 5.91 Å². The molecule has 4 heteroatoms. The quantitative estimate of drug-likeness (QED) is 0.458. The number of nitrogens with zero attached hydrogens (tertiary/aromatic N) is 1. The van der Waals surface area contributed by atoms with Crippen LogP contribution in [0.4, 0.5) is 5.69 Å². The molecule has 0 atom stereocenters. The first-order valence-electron chi connectivity index (χ1n) is 7.02. The van der Waals surface area contributed by atoms with Crippen molar-refractivity contribution in [2.75, 3.05) is 18.1 Å². The second kappa shape index (κ2) is 8.74. The molecule has 0 saturated carbocycles. The van der Waals surface area contributed by atoms with E-state index in [9.17, 15) is 9.59 Å². The average molecular weight is 287 g/mol. The monoisotopic (exact) mass is 287 g/mol. The zero-order valence-electron chi connectivity index (χ0n) is 12.7. The number of para-hydroxylation sites is 1. The second-order valence-electron chi connectivity index (χ2n) is 4.21. The summed E-state index contributed by atoms with van der Waals surface area (Å²) in [6.45, 7) is 6.26. The molecule has 1 aromatic carbocycles. The number of amides is 1. The summed E-state index contributed by atoms with van der Waals surface area (Å²) in [7, 11) is 0. The Bertz CT molecular complexity index is 547. The van der Waals surface area contributed by atoms with E-state index in [4.69, 9.17) is 4.74 Å². The van der Waals surface area contributed by atoms with Crippen LogP contribution in [-0.4, -0.2) is 25.0 Å². The van der Waals surface area contributed by atoms with Crippen LogP contribution in [0.3, 0.4) is 0 Å². The van der Waals surface area contributed by atoms with E-state index in [1.54, 1.807) is 48.2 Å². The highest BCUT2D eigenvalue weighted by Gasteiger charge is 2.19. The van der Waals surface area contributed by atoms with E-state index in [1.807, 2.05) is 19.9 Å². The van der Waals surface area contributed by atoms with Crippen LogP contribution in [0.5, 0.6) is 0 Å². The number of rotatable bonds is 6. The molecule has 0 heterocycles. The maximum Gasteiger partial charge on any atom is 0.340 e. The number of anilines is 1. The minimum Gasteiger partial charge on any atom is -0.462 e. The lowest BCUT2D eigenvalue weighted by atomic mass is 10.1. The summed E-state index contributed by atoms with van der Waals surface area (Å²) in [5.41, 5.74) is 0.961. The fourth-order valence-electron chi connectivity index (χ4n) is 1.87. The zero-order chi connectivity index (χ0) is 15.7. The lowest BCUT2D eigenvalue weighted by Crippen LogP contribution is -2.30. The molecule has 0 fully saturated rings. The first-order chi connectivity index (χ1) is 10.2. The number of hydrogen-bond donors (Lipinski definition) is 0. The Labute approximate surface area is 125 Å². The number of hydrogen-bond acceptors (Lipinski definition) is 3. The first kappa shape index (κ1) is 16.7. The molecule has 0 unspecified atom stereocenters. The van der Waals surface area contributed by atoms with Crippen LogP contribution in [0.25, 0.3) is 0 Å². The van der Waals surface area contributed by atoms with Crippen LogP contribution in [-0.2, 0) is 9.53 Å². The van der Waals surface area contributed by atoms with Crippen molar-refractivity contribution in [3.8, 4) is 0 Å². The highest BCUT2D eigenvalue weighted by Crippen LogP contribution is 2.21. The fourth-order valence-corrected chi connectivity index (χ4v) is 1.87. The second-order valence-corrected chi connectivity index (χ2v) is 4.21. The Kier molecular flexibility index (Phi) is 6.95. The smallest absolute Gasteiger partial charge is 0.340 e. The lowest BCUT2D eigenvalue weighted by Gasteiger charge is -2.21. The van der Waals surface area contributed by atoms with Crippen LogP contribution in [0, 0.1) is 0 Å². The van der Waals surface area contributed by atoms with Crippen LogP contribution in [0.1, 0.15) is 31.1 Å². The van der Waals surface area contributed by atoms with Gasteiger partial charge < -0.3 is 9.64 Å². The summed E-state index contributed by atoms with van der Waals surface area (Å²) in [6.07, 6.45) is 6.78. The van der Waals surface area contributed by atoms with Crippen molar-refractivity contribution in [2.24, 2.45) is 0 Å². The molecule has 4 nitrogen and oxygen atoms in total. The van der Waals surface area contributed by atoms with Crippen molar-refractivity contribution < 1.29 is 14.3 Å². The Hall–Kier alpha value is -2.36. The van der Waals surface area contributed by atoms with Crippen LogP contribution in [0.15, 0.2) is 48.6 Å². The zero-order valence-corrected chi connectivity index (χ0v) is 12.7. The molecular formula is C17H21NO3. The maximum absolute atomic E-state index is 12.2. The molecule has 1 rings (SSSR count). The highest BCUT2D eigenvalue weighted by molar-refractivity contribution is 6.06. The molecule has 0 saturated heterocycles. The molecule has 112 valence electrons. The van der Waals surface area contributed by atoms with Crippen LogP contribution >= 0.6 is 0 Å². The predicted molar refractivity (Wildman–Crippen MR) is 84.4 cm³/mol. The number of benzene rings is 1. The SMILES string of the molecule is CC=C/C=C/C(=O)N(CC)c1ccccc1C(=O)OCC. The molecule has 1 aromatic rings. The molecule has 21 heavy (non-hydrogen) atoms. The van der Waals surface area contributed by atoms with E-state index < -0.39 is 5.97 Å². The number of allylic oxidation sites excluding steroid dienone is 3. The van der Waals surface area contributed by atoms with E-state index in [2.05, 4.69) is 0 Å². The van der Waals surface area contributed by atoms with Crippen molar-refractivity contribution in [1.82, 2.24) is 0 Å². The highest BCUT2D eigenvalue weighted by atomic mass is 16.5. The Balaban J connectivity index is 3.11. The van der Waals surface area contributed by atoms with Crippen molar-refractivity contribution in [1.29, 1.82) is 0 Å². The number of likely N-dealkylation sites (N-methyl/N-ethyl adjacent to an activating group) is 1. The van der Waals surface area contributed by atoms with Gasteiger partial charge in [-0.05, 0) is 32.9 Å². The third-order valence-corrected chi connectivity index (χ3v) is 2.81. The number of esters is 1. The van der Waals surface area contributed by atoms with E-state index >= 15 is 0 Å². The largest absolute Gasteiger partial charge is 0.462 e. The van der Waals surface area contributed by atoms with Gasteiger partial charge in [0.2, 0.25) is 0 Å². The van der Waals surface area contributed by atoms with Gasteiger partial charge in [0.15, 0.2) is 0 Å². The van der Waals surface area contributed by atoms with Gasteiger partial charge in [-0.2, -0.15) is 0 Å². The molecule has 0 aliphatic carbocycles. The van der Waals surface area contributed by atoms with Gasteiger partial charge in [-0.1, -0.05) is 30.4 Å². The molecule has 0 N–H and O–H groups in total. The predicted octanol–water partition coefficient (Wildman–Crippen LogP) is 3.35. The van der Waals surface area contributed by atoms with Crippen molar-refractivity contribution in [3.63, 3.8) is 0 Å². The maximum atomic E-state index is 12.2. The molecule has 0 aliphatic heterocycles. The standard InChI is InChI=1S/C17H21NO3/c1-4-7-8-13-16(19)18(5-2)15-12-10-9-11-14(15)17(20)21-6-3/h4,7-13H,5-6H2,1-3H3/b7-4?,13-8+. The number of carbonyl (C=O) groups is 2. The molecule has 0 aromatic heterocycles. The first-order valence-corrected chi connectivity index (χ1v) is 7.02. The molecule has 0 aliphatic rings. The average Bonchev–Trinajstić information content (AvgIpc) is 2.49. The van der Waals surface area contributed by atoms with Crippen LogP contribution in [0.2, 0.25) is 0 Å². The van der Waals surface area contributed by atoms with Gasteiger partial charge in [-0.25, -0.2) is 4.79 Å². The van der Waals surface area contributed by atoms with Gasteiger partial charge in [0.1, 0.15) is 0 Å². The topological polar surface area (TPSA) is 46.6 Å². The summed E-state index contributed by atoms with van der Waals surface area (Å²) in [4.78, 5) is 25.8. The Morgan fingerprint density at radius 3 is 2.52 bits per heavy atom. The van der Waals surface area contributed by atoms with E-state index in [0.717, 1.165) is 0 Å². The summed E-state index contributed by atoms with van der Waals surface area (Å²) < 4.78 is 5.04. The Morgan fingerprint density at radius 1 is 1.19 bits per heavy atom. The van der Waals surface area contributed by atoms with Crippen molar-refractivity contribution >= 4 is 17.6 Å². The molecule has 0 bridgehead atoms. The summed E-state index contributed by atoms with van der Waals surface area (Å²) in [5.74, 6) is -0.593. The lowest BCUT2D eigenvalue weighted by molar-refractivity contribution is -0.114. The minimum atomic E-state index is -0.420. The van der Waals surface area contributed by atoms with Gasteiger partial charge in [-0.15, -0.1) is 0 Å². The number of carbonyl (C=O) groups excluding carboxylic acids is 2. The van der Waals surface area contributed by atoms with Crippen molar-refractivity contribution in [2.45, 2.75) is 20.8 Å². The normalized spacial score (nSPS) is 11.0. The third kappa shape index (κ3) is 4.60. The van der Waals surface area contributed by atoms with Gasteiger partial charge >= 0.3 is 5.97 Å². The molecule has 0 spiro atoms. The van der Waals surface area contributed by atoms with E-state index in [0.29, 0.717) is 24.4 Å². The third-order valence-electron chi connectivity index (χ3n) is 2.81. The van der Waals surface area contributed by atoms with E-state index in [-0.39, 0.29) is 5.91 Å². The molecule has 1 amide bonds. The Morgan fingerprint density at radius 2 is 1.90 bits per heavy atom. The fraction of sp³-hybridized carbons (Fsp3) is 0.294. The summed E-state index contributed by atoms with van der Waals surface area (Å²) in [6, 6.07) is 6.96. The van der Waals surface area contributed by atoms with Crippen LogP contribution < -0.4 is 4.90 Å². The molecular weight excluding hydrogens is 266 g/mol. The van der Waals surface area contributed by atoms with Crippen molar-refractivity contribution in [3.05, 3.63) is 54.1 Å². The van der Waals surface area contributed by atoms with Gasteiger partial charge in [-0.3, -0.25) is 4.79 Å². The summed E-state index contributed by atoms with van der Waals surface area (Å²) in [5, 5.41) is 0. The minimum absolute atomic E-state index is 0.174. The summed E-state index contributed by atoms with van der Waals surface area (Å²) >= 11 is 0.